The van der Waals surface area contributed by atoms with Gasteiger partial charge < -0.3 is 15.1 Å². The third-order valence-electron chi connectivity index (χ3n) is 3.48. The van der Waals surface area contributed by atoms with Crippen LogP contribution in [0.5, 0.6) is 0 Å². The second-order valence-electron chi connectivity index (χ2n) is 4.98. The quantitative estimate of drug-likeness (QED) is 0.857. The summed E-state index contributed by atoms with van der Waals surface area (Å²) in [5, 5.41) is 18.9. The van der Waals surface area contributed by atoms with Crippen LogP contribution in [0.2, 0.25) is 0 Å². The van der Waals surface area contributed by atoms with E-state index in [0.29, 0.717) is 24.5 Å². The van der Waals surface area contributed by atoms with Gasteiger partial charge in [-0.25, -0.2) is 9.78 Å². The first-order chi connectivity index (χ1) is 10.6. The number of carbonyl (C=O) groups is 1. The van der Waals surface area contributed by atoms with Crippen LogP contribution in [0.4, 0.5) is 5.82 Å². The van der Waals surface area contributed by atoms with Crippen molar-refractivity contribution in [2.45, 2.75) is 13.8 Å². The highest BCUT2D eigenvalue weighted by Crippen LogP contribution is 2.31. The number of aliphatic hydroxyl groups is 1. The minimum atomic E-state index is -1.02. The van der Waals surface area contributed by atoms with E-state index in [2.05, 4.69) is 4.98 Å². The maximum absolute atomic E-state index is 11.8. The number of nitrogens with zero attached hydrogens (tertiary/aromatic N) is 2. The number of aryl methyl sites for hydroxylation is 1. The van der Waals surface area contributed by atoms with Crippen LogP contribution in [-0.4, -0.2) is 40.9 Å². The summed E-state index contributed by atoms with van der Waals surface area (Å²) in [6.07, 6.45) is 0. The molecule has 0 atom stereocenters. The maximum atomic E-state index is 11.8. The lowest BCUT2D eigenvalue weighted by Crippen LogP contribution is -2.29. The molecular formula is C17H20N2O3. The second-order valence-corrected chi connectivity index (χ2v) is 4.98. The van der Waals surface area contributed by atoms with Gasteiger partial charge in [-0.15, -0.1) is 0 Å². The predicted molar refractivity (Wildman–Crippen MR) is 86.3 cm³/mol. The molecule has 0 aliphatic heterocycles. The highest BCUT2D eigenvalue weighted by atomic mass is 16.4. The van der Waals surface area contributed by atoms with Gasteiger partial charge in [0, 0.05) is 24.3 Å². The topological polar surface area (TPSA) is 73.7 Å². The van der Waals surface area contributed by atoms with Gasteiger partial charge in [0.25, 0.3) is 0 Å². The van der Waals surface area contributed by atoms with Crippen LogP contribution < -0.4 is 4.90 Å². The first-order valence-electron chi connectivity index (χ1n) is 7.24. The number of hydrogen-bond acceptors (Lipinski definition) is 4. The third-order valence-corrected chi connectivity index (χ3v) is 3.48. The van der Waals surface area contributed by atoms with Crippen molar-refractivity contribution in [1.29, 1.82) is 0 Å². The number of anilines is 1. The smallest absolute Gasteiger partial charge is 0.340 e. The molecule has 22 heavy (non-hydrogen) atoms. The number of aromatic nitrogens is 1. The largest absolute Gasteiger partial charge is 0.478 e. The Morgan fingerprint density at radius 2 is 1.95 bits per heavy atom. The molecule has 0 radical (unpaired) electrons. The number of pyridine rings is 1. The van der Waals surface area contributed by atoms with Gasteiger partial charge >= 0.3 is 5.97 Å². The molecule has 5 heteroatoms. The minimum absolute atomic E-state index is 0.0524. The van der Waals surface area contributed by atoms with E-state index < -0.39 is 5.97 Å². The molecule has 2 rings (SSSR count). The third kappa shape index (κ3) is 3.26. The van der Waals surface area contributed by atoms with Crippen molar-refractivity contribution in [2.24, 2.45) is 0 Å². The molecule has 1 aromatic heterocycles. The highest BCUT2D eigenvalue weighted by molar-refractivity contribution is 6.01. The molecule has 0 aliphatic rings. The monoisotopic (exact) mass is 300 g/mol. The summed E-state index contributed by atoms with van der Waals surface area (Å²) in [5.41, 5.74) is 2.40. The number of hydrogen-bond donors (Lipinski definition) is 2. The Balaban J connectivity index is 2.69. The molecule has 0 bridgehead atoms. The fourth-order valence-corrected chi connectivity index (χ4v) is 2.48. The summed E-state index contributed by atoms with van der Waals surface area (Å²) in [5.74, 6) is -0.611. The number of carboxylic acids is 1. The lowest BCUT2D eigenvalue weighted by Gasteiger charge is -2.24. The molecule has 0 saturated carbocycles. The van der Waals surface area contributed by atoms with Gasteiger partial charge in [-0.2, -0.15) is 0 Å². The van der Waals surface area contributed by atoms with Gasteiger partial charge in [-0.05, 0) is 25.5 Å². The minimum Gasteiger partial charge on any atom is -0.478 e. The Hall–Kier alpha value is -2.40. The molecule has 2 aromatic rings. The molecule has 1 aromatic carbocycles. The van der Waals surface area contributed by atoms with E-state index in [1.165, 1.54) is 0 Å². The van der Waals surface area contributed by atoms with Crippen LogP contribution in [0.1, 0.15) is 23.0 Å². The van der Waals surface area contributed by atoms with Crippen molar-refractivity contribution in [3.05, 3.63) is 47.7 Å². The molecule has 116 valence electrons. The average Bonchev–Trinajstić information content (AvgIpc) is 2.52. The molecule has 0 saturated heterocycles. The van der Waals surface area contributed by atoms with E-state index in [-0.39, 0.29) is 12.2 Å². The fourth-order valence-electron chi connectivity index (χ4n) is 2.48. The van der Waals surface area contributed by atoms with Crippen molar-refractivity contribution in [2.75, 3.05) is 24.6 Å². The first kappa shape index (κ1) is 16.0. The van der Waals surface area contributed by atoms with Crippen LogP contribution in [0.3, 0.4) is 0 Å². The van der Waals surface area contributed by atoms with Gasteiger partial charge in [-0.3, -0.25) is 0 Å². The summed E-state index contributed by atoms with van der Waals surface area (Å²) in [6, 6.07) is 11.2. The molecule has 0 amide bonds. The lowest BCUT2D eigenvalue weighted by molar-refractivity contribution is 0.0698. The molecule has 1 heterocycles. The van der Waals surface area contributed by atoms with Gasteiger partial charge in [0.1, 0.15) is 11.4 Å². The molecule has 0 unspecified atom stereocenters. The SMILES string of the molecule is CCN(CCO)c1nc(C)cc(-c2ccccc2)c1C(=O)O. The molecule has 0 spiro atoms. The number of carboxylic acid groups (broad SMARTS) is 1. The van der Waals surface area contributed by atoms with E-state index >= 15 is 0 Å². The normalized spacial score (nSPS) is 10.5. The van der Waals surface area contributed by atoms with E-state index in [4.69, 9.17) is 0 Å². The first-order valence-corrected chi connectivity index (χ1v) is 7.24. The van der Waals surface area contributed by atoms with E-state index in [0.717, 1.165) is 11.3 Å². The van der Waals surface area contributed by atoms with Gasteiger partial charge in [0.15, 0.2) is 0 Å². The highest BCUT2D eigenvalue weighted by Gasteiger charge is 2.22. The molecule has 2 N–H and O–H groups in total. The van der Waals surface area contributed by atoms with Crippen LogP contribution in [0.25, 0.3) is 11.1 Å². The Morgan fingerprint density at radius 1 is 1.27 bits per heavy atom. The fraction of sp³-hybridized carbons (Fsp3) is 0.294. The number of aromatic carboxylic acids is 1. The number of likely N-dealkylation sites (N-methyl/N-ethyl adjacent to an activating group) is 1. The van der Waals surface area contributed by atoms with Crippen LogP contribution in [0, 0.1) is 6.92 Å². The Morgan fingerprint density at radius 3 is 2.50 bits per heavy atom. The Bertz CT molecular complexity index is 656. The van der Waals surface area contributed by atoms with Crippen LogP contribution in [0.15, 0.2) is 36.4 Å². The maximum Gasteiger partial charge on any atom is 0.340 e. The zero-order valence-electron chi connectivity index (χ0n) is 12.8. The summed E-state index contributed by atoms with van der Waals surface area (Å²) < 4.78 is 0. The van der Waals surface area contributed by atoms with Crippen molar-refractivity contribution in [3.8, 4) is 11.1 Å². The number of benzene rings is 1. The molecule has 5 nitrogen and oxygen atoms in total. The van der Waals surface area contributed by atoms with Crippen LogP contribution >= 0.6 is 0 Å². The number of rotatable bonds is 6. The van der Waals surface area contributed by atoms with Gasteiger partial charge in [0.2, 0.25) is 0 Å². The van der Waals surface area contributed by atoms with Crippen molar-refractivity contribution < 1.29 is 15.0 Å². The molecular weight excluding hydrogens is 280 g/mol. The molecule has 0 fully saturated rings. The lowest BCUT2D eigenvalue weighted by atomic mass is 9.99. The van der Waals surface area contributed by atoms with Crippen molar-refractivity contribution in [3.63, 3.8) is 0 Å². The summed E-state index contributed by atoms with van der Waals surface area (Å²) in [7, 11) is 0. The Kier molecular flexibility index (Phi) is 5.12. The van der Waals surface area contributed by atoms with E-state index in [1.807, 2.05) is 44.2 Å². The zero-order valence-corrected chi connectivity index (χ0v) is 12.8. The predicted octanol–water partition coefficient (Wildman–Crippen LogP) is 2.57. The van der Waals surface area contributed by atoms with E-state index in [9.17, 15) is 15.0 Å². The van der Waals surface area contributed by atoms with Crippen molar-refractivity contribution >= 4 is 11.8 Å². The Labute approximate surface area is 129 Å². The summed E-state index contributed by atoms with van der Waals surface area (Å²) >= 11 is 0. The number of aliphatic hydroxyl groups excluding tert-OH is 1. The average molecular weight is 300 g/mol. The van der Waals surface area contributed by atoms with Gasteiger partial charge in [-0.1, -0.05) is 30.3 Å². The van der Waals surface area contributed by atoms with Gasteiger partial charge in [0.05, 0.1) is 6.61 Å². The van der Waals surface area contributed by atoms with E-state index in [1.54, 1.807) is 11.0 Å². The standard InChI is InChI=1S/C17H20N2O3/c1-3-19(9-10-20)16-15(17(21)22)14(11-12(2)18-16)13-7-5-4-6-8-13/h4-8,11,20H,3,9-10H2,1-2H3,(H,21,22). The summed E-state index contributed by atoms with van der Waals surface area (Å²) in [4.78, 5) is 18.0. The van der Waals surface area contributed by atoms with Crippen molar-refractivity contribution in [1.82, 2.24) is 4.98 Å². The second kappa shape index (κ2) is 7.04. The molecule has 0 aliphatic carbocycles. The van der Waals surface area contributed by atoms with Crippen LogP contribution in [-0.2, 0) is 0 Å². The zero-order chi connectivity index (χ0) is 16.1. The summed E-state index contributed by atoms with van der Waals surface area (Å²) in [6.45, 7) is 4.62.